The van der Waals surface area contributed by atoms with Crippen LogP contribution in [0.3, 0.4) is 0 Å². The third kappa shape index (κ3) is 6.33. The van der Waals surface area contributed by atoms with Gasteiger partial charge in [0.2, 0.25) is 11.8 Å². The second kappa shape index (κ2) is 14.6. The lowest BCUT2D eigenvalue weighted by atomic mass is 9.61. The lowest BCUT2D eigenvalue weighted by molar-refractivity contribution is -0.535. The maximum absolute atomic E-state index is 14.8. The predicted molar refractivity (Wildman–Crippen MR) is 212 cm³/mol. The number of anilines is 4. The summed E-state index contributed by atoms with van der Waals surface area (Å²) in [6, 6.07) is 9.02. The molecule has 0 spiro atoms. The first-order valence-electron chi connectivity index (χ1n) is 20.2. The number of carbonyl (C=O) groups excluding carboxylic acids is 2. The van der Waals surface area contributed by atoms with Crippen molar-refractivity contribution in [3.8, 4) is 0 Å². The summed E-state index contributed by atoms with van der Waals surface area (Å²) in [6.07, 6.45) is 0.319. The van der Waals surface area contributed by atoms with Crippen LogP contribution in [0.4, 0.5) is 22.7 Å². The molecule has 3 aliphatic rings. The first-order chi connectivity index (χ1) is 24.3. The van der Waals surface area contributed by atoms with Crippen LogP contribution in [-0.4, -0.2) is 48.2 Å². The summed E-state index contributed by atoms with van der Waals surface area (Å²) in [6.45, 7) is 30.1. The molecule has 2 amide bonds. The van der Waals surface area contributed by atoms with Crippen LogP contribution in [0, 0.1) is 11.8 Å². The molecule has 1 aliphatic carbocycles. The van der Waals surface area contributed by atoms with Crippen molar-refractivity contribution < 1.29 is 19.8 Å². The number of fused-ring (bicyclic) bond motifs is 2. The molecule has 2 aromatic carbocycles. The molecular formula is C44H66N4O4-2. The van der Waals surface area contributed by atoms with Gasteiger partial charge in [0.25, 0.3) is 0 Å². The number of rotatable bonds is 12. The lowest BCUT2D eigenvalue weighted by Gasteiger charge is -2.62. The minimum atomic E-state index is -1.25. The molecule has 2 N–H and O–H groups in total. The summed E-state index contributed by atoms with van der Waals surface area (Å²) in [5.74, 6) is -2.18. The number of benzene rings is 2. The maximum atomic E-state index is 14.8. The first kappa shape index (κ1) is 40.1. The van der Waals surface area contributed by atoms with E-state index in [-0.39, 0.29) is 58.6 Å². The highest BCUT2D eigenvalue weighted by atomic mass is 16.3. The highest BCUT2D eigenvalue weighted by molar-refractivity contribution is 5.96. The summed E-state index contributed by atoms with van der Waals surface area (Å²) in [4.78, 5) is 32.0. The van der Waals surface area contributed by atoms with Crippen molar-refractivity contribution in [1.82, 2.24) is 0 Å². The van der Waals surface area contributed by atoms with Gasteiger partial charge in [0.1, 0.15) is 0 Å². The number of hydrogen-bond donors (Lipinski definition) is 2. The van der Waals surface area contributed by atoms with Gasteiger partial charge in [-0.25, -0.2) is 0 Å². The van der Waals surface area contributed by atoms with Gasteiger partial charge in [0, 0.05) is 69.6 Å². The molecule has 2 aromatic rings. The number of hydrogen-bond acceptors (Lipinski definition) is 6. The fourth-order valence-electron chi connectivity index (χ4n) is 9.62. The molecule has 1 fully saturated rings. The van der Waals surface area contributed by atoms with Crippen molar-refractivity contribution in [2.75, 3.05) is 20.4 Å². The fraction of sp³-hybridized carbons (Fsp3) is 0.682. The standard InChI is InChI=1S/C44H66N4O4/c1-15-27(16-2)41(51)45-33-21-35-31(43(11,12)25(9)47(35)23(5)6)19-29(33)37-39(49)38(40(37)50)30-20-32-36(48(24(7)8)26(10)44(32,13)14)22-34(30)46-42(52)28(17-3)18-4/h19-28,37-40H,15-18H2,1-14H3,(H,45,51)(H,46,52)/q-2. The Labute approximate surface area is 314 Å². The predicted octanol–water partition coefficient (Wildman–Crippen LogP) is 7.56. The average molecular weight is 715 g/mol. The van der Waals surface area contributed by atoms with Crippen molar-refractivity contribution in [2.24, 2.45) is 11.8 Å². The molecule has 2 aliphatic heterocycles. The molecule has 2 heterocycles. The zero-order valence-electron chi connectivity index (χ0n) is 34.4. The van der Waals surface area contributed by atoms with Crippen LogP contribution in [0.1, 0.15) is 157 Å². The monoisotopic (exact) mass is 715 g/mol. The molecule has 0 saturated heterocycles. The zero-order chi connectivity index (χ0) is 38.8. The Kier molecular flexibility index (Phi) is 11.3. The SMILES string of the molecule is CCC(CC)C(=O)Nc1cc2c(cc1C1C([O-])C(c3cc4c(cc3NC(=O)C(CC)CC)N(C(C)C)C(C)C4(C)C)C1[O-])C(C)(C)C(C)N2C(C)C. The van der Waals surface area contributed by atoms with Gasteiger partial charge in [-0.05, 0) is 113 Å². The number of carbonyl (C=O) groups is 2. The first-order valence-corrected chi connectivity index (χ1v) is 20.2. The van der Waals surface area contributed by atoms with Crippen molar-refractivity contribution in [3.63, 3.8) is 0 Å². The highest BCUT2D eigenvalue weighted by Gasteiger charge is 2.48. The summed E-state index contributed by atoms with van der Waals surface area (Å²) in [7, 11) is 0. The second-order valence-corrected chi connectivity index (χ2v) is 17.7. The van der Waals surface area contributed by atoms with Crippen LogP contribution in [0.25, 0.3) is 0 Å². The largest absolute Gasteiger partial charge is 0.851 e. The van der Waals surface area contributed by atoms with E-state index in [4.69, 9.17) is 0 Å². The van der Waals surface area contributed by atoms with Gasteiger partial charge in [-0.2, -0.15) is 0 Å². The van der Waals surface area contributed by atoms with E-state index >= 15 is 0 Å². The Morgan fingerprint density at radius 2 is 0.942 bits per heavy atom. The van der Waals surface area contributed by atoms with Crippen LogP contribution >= 0.6 is 0 Å². The van der Waals surface area contributed by atoms with Gasteiger partial charge in [-0.3, -0.25) is 9.59 Å². The maximum Gasteiger partial charge on any atom is 0.227 e. The topological polar surface area (TPSA) is 111 Å². The van der Waals surface area contributed by atoms with E-state index in [1.54, 1.807) is 0 Å². The number of nitrogens with zero attached hydrogens (tertiary/aromatic N) is 2. The Hall–Kier alpha value is -3.10. The third-order valence-corrected chi connectivity index (χ3v) is 13.7. The summed E-state index contributed by atoms with van der Waals surface area (Å²) >= 11 is 0. The Bertz CT molecular complexity index is 1530. The van der Waals surface area contributed by atoms with Crippen molar-refractivity contribution in [1.29, 1.82) is 0 Å². The van der Waals surface area contributed by atoms with E-state index in [0.717, 1.165) is 22.5 Å². The molecule has 2 unspecified atom stereocenters. The Morgan fingerprint density at radius 3 is 1.21 bits per heavy atom. The molecule has 2 atom stereocenters. The van der Waals surface area contributed by atoms with E-state index in [9.17, 15) is 19.8 Å². The smallest absolute Gasteiger partial charge is 0.227 e. The summed E-state index contributed by atoms with van der Waals surface area (Å²) in [5.41, 5.74) is 6.28. The van der Waals surface area contributed by atoms with Crippen LogP contribution in [0.5, 0.6) is 0 Å². The van der Waals surface area contributed by atoms with E-state index in [1.165, 1.54) is 0 Å². The molecule has 5 rings (SSSR count). The molecule has 288 valence electrons. The second-order valence-electron chi connectivity index (χ2n) is 17.7. The molecule has 8 heteroatoms. The van der Waals surface area contributed by atoms with Gasteiger partial charge < -0.3 is 30.6 Å². The molecule has 0 aromatic heterocycles. The minimum absolute atomic E-state index is 0.0792. The highest BCUT2D eigenvalue weighted by Crippen LogP contribution is 2.56. The minimum Gasteiger partial charge on any atom is -0.851 e. The molecule has 8 nitrogen and oxygen atoms in total. The Balaban J connectivity index is 1.64. The number of amides is 2. The third-order valence-electron chi connectivity index (χ3n) is 13.7. The average Bonchev–Trinajstić information content (AvgIpc) is 3.38. The van der Waals surface area contributed by atoms with Crippen LogP contribution in [0.2, 0.25) is 0 Å². The van der Waals surface area contributed by atoms with Crippen molar-refractivity contribution in [3.05, 3.63) is 46.5 Å². The molecule has 52 heavy (non-hydrogen) atoms. The van der Waals surface area contributed by atoms with Crippen molar-refractivity contribution >= 4 is 34.6 Å². The van der Waals surface area contributed by atoms with Crippen LogP contribution in [-0.2, 0) is 20.4 Å². The van der Waals surface area contributed by atoms with Gasteiger partial charge in [0.05, 0.1) is 0 Å². The molecular weight excluding hydrogens is 649 g/mol. The van der Waals surface area contributed by atoms with Gasteiger partial charge >= 0.3 is 0 Å². The van der Waals surface area contributed by atoms with E-state index in [1.807, 2.05) is 39.8 Å². The van der Waals surface area contributed by atoms with E-state index < -0.39 is 24.0 Å². The van der Waals surface area contributed by atoms with Gasteiger partial charge in [-0.15, -0.1) is 12.2 Å². The zero-order valence-corrected chi connectivity index (χ0v) is 34.4. The van der Waals surface area contributed by atoms with Crippen molar-refractivity contribution in [2.45, 2.75) is 182 Å². The van der Waals surface area contributed by atoms with E-state index in [0.29, 0.717) is 48.2 Å². The Morgan fingerprint density at radius 1 is 0.635 bits per heavy atom. The van der Waals surface area contributed by atoms with E-state index in [2.05, 4.69) is 102 Å². The van der Waals surface area contributed by atoms with Gasteiger partial charge in [-0.1, -0.05) is 67.5 Å². The fourth-order valence-corrected chi connectivity index (χ4v) is 9.62. The number of nitrogens with one attached hydrogen (secondary N) is 2. The van der Waals surface area contributed by atoms with Crippen LogP contribution in [0.15, 0.2) is 24.3 Å². The summed E-state index contributed by atoms with van der Waals surface area (Å²) < 4.78 is 0. The van der Waals surface area contributed by atoms with Gasteiger partial charge in [0.15, 0.2) is 0 Å². The summed E-state index contributed by atoms with van der Waals surface area (Å²) in [5, 5.41) is 36.0. The molecule has 0 radical (unpaired) electrons. The molecule has 0 bridgehead atoms. The lowest BCUT2D eigenvalue weighted by Crippen LogP contribution is -2.64. The molecule has 1 saturated carbocycles. The normalized spacial score (nSPS) is 25.9. The van der Waals surface area contributed by atoms with Crippen LogP contribution < -0.4 is 30.6 Å². The quantitative estimate of drug-likeness (QED) is 0.235.